The van der Waals surface area contributed by atoms with Crippen molar-refractivity contribution < 1.29 is 9.53 Å². The van der Waals surface area contributed by atoms with Crippen molar-refractivity contribution in [2.24, 2.45) is 5.92 Å². The smallest absolute Gasteiger partial charge is 0.137 e. The zero-order valence-corrected chi connectivity index (χ0v) is 12.5. The van der Waals surface area contributed by atoms with Crippen LogP contribution in [0.15, 0.2) is 24.3 Å². The molecule has 2 heterocycles. The molecule has 0 bridgehead atoms. The number of para-hydroxylation sites is 1. The Morgan fingerprint density at radius 3 is 2.95 bits per heavy atom. The van der Waals surface area contributed by atoms with Crippen LogP contribution in [0.3, 0.4) is 0 Å². The van der Waals surface area contributed by atoms with Crippen LogP contribution in [0.2, 0.25) is 0 Å². The van der Waals surface area contributed by atoms with Crippen LogP contribution in [0.4, 0.5) is 0 Å². The van der Waals surface area contributed by atoms with E-state index in [0.717, 1.165) is 44.7 Å². The number of carbonyl (C=O) groups excluding carboxylic acids is 1. The lowest BCUT2D eigenvalue weighted by molar-refractivity contribution is -0.122. The maximum atomic E-state index is 12.1. The Bertz CT molecular complexity index is 542. The van der Waals surface area contributed by atoms with Gasteiger partial charge in [0.15, 0.2) is 0 Å². The lowest BCUT2D eigenvalue weighted by Crippen LogP contribution is -2.40. The molecule has 1 aromatic carbocycles. The summed E-state index contributed by atoms with van der Waals surface area (Å²) in [4.78, 5) is 14.7. The minimum absolute atomic E-state index is 0.310. The van der Waals surface area contributed by atoms with Gasteiger partial charge in [-0.25, -0.2) is 0 Å². The molecule has 3 aliphatic rings. The quantitative estimate of drug-likeness (QED) is 0.855. The van der Waals surface area contributed by atoms with E-state index in [-0.39, 0.29) is 0 Å². The molecule has 1 saturated heterocycles. The Kier molecular flexibility index (Phi) is 3.46. The van der Waals surface area contributed by atoms with Crippen molar-refractivity contribution in [1.29, 1.82) is 0 Å². The number of carbonyl (C=O) groups is 1. The van der Waals surface area contributed by atoms with Crippen molar-refractivity contribution in [2.45, 2.75) is 44.1 Å². The number of nitrogens with zero attached hydrogens (tertiary/aromatic N) is 1. The summed E-state index contributed by atoms with van der Waals surface area (Å²) in [6.07, 6.45) is 5.46. The van der Waals surface area contributed by atoms with E-state index in [1.54, 1.807) is 0 Å². The highest BCUT2D eigenvalue weighted by Gasteiger charge is 2.39. The first-order valence-corrected chi connectivity index (χ1v) is 8.31. The van der Waals surface area contributed by atoms with Crippen molar-refractivity contribution in [3.05, 3.63) is 29.8 Å². The van der Waals surface area contributed by atoms with E-state index < -0.39 is 0 Å². The van der Waals surface area contributed by atoms with Crippen LogP contribution in [0.25, 0.3) is 0 Å². The number of hydrogen-bond acceptors (Lipinski definition) is 3. The first kappa shape index (κ1) is 13.3. The maximum Gasteiger partial charge on any atom is 0.137 e. The van der Waals surface area contributed by atoms with Gasteiger partial charge in [-0.05, 0) is 38.3 Å². The summed E-state index contributed by atoms with van der Waals surface area (Å²) in [5.74, 6) is 2.34. The zero-order valence-electron chi connectivity index (χ0n) is 12.5. The fourth-order valence-electron chi connectivity index (χ4n) is 4.45. The predicted octanol–water partition coefficient (Wildman–Crippen LogP) is 3.00. The van der Waals surface area contributed by atoms with E-state index in [4.69, 9.17) is 4.74 Å². The molecule has 2 fully saturated rings. The van der Waals surface area contributed by atoms with E-state index in [9.17, 15) is 4.79 Å². The topological polar surface area (TPSA) is 29.5 Å². The summed E-state index contributed by atoms with van der Waals surface area (Å²) < 4.78 is 5.81. The minimum atomic E-state index is 0.310. The van der Waals surface area contributed by atoms with Crippen molar-refractivity contribution in [3.63, 3.8) is 0 Å². The maximum absolute atomic E-state index is 12.1. The molecule has 3 heteroatoms. The molecule has 4 rings (SSSR count). The van der Waals surface area contributed by atoms with Crippen LogP contribution < -0.4 is 4.74 Å². The molecule has 2 aliphatic heterocycles. The highest BCUT2D eigenvalue weighted by Crippen LogP contribution is 2.38. The largest absolute Gasteiger partial charge is 0.493 e. The Balaban J connectivity index is 1.48. The third-order valence-electron chi connectivity index (χ3n) is 5.48. The molecule has 0 N–H and O–H groups in total. The Labute approximate surface area is 126 Å². The first-order valence-electron chi connectivity index (χ1n) is 8.31. The van der Waals surface area contributed by atoms with Crippen LogP contribution in [0.5, 0.6) is 5.75 Å². The predicted molar refractivity (Wildman–Crippen MR) is 81.6 cm³/mol. The van der Waals surface area contributed by atoms with Gasteiger partial charge in [-0.15, -0.1) is 0 Å². The normalized spacial score (nSPS) is 32.4. The van der Waals surface area contributed by atoms with E-state index in [1.165, 1.54) is 18.4 Å². The summed E-state index contributed by atoms with van der Waals surface area (Å²) in [5.41, 5.74) is 1.35. The lowest BCUT2D eigenvalue weighted by atomic mass is 9.93. The van der Waals surface area contributed by atoms with Gasteiger partial charge in [0.05, 0.1) is 6.61 Å². The van der Waals surface area contributed by atoms with Gasteiger partial charge >= 0.3 is 0 Å². The van der Waals surface area contributed by atoms with Crippen molar-refractivity contribution in [3.8, 4) is 5.75 Å². The minimum Gasteiger partial charge on any atom is -0.493 e. The van der Waals surface area contributed by atoms with Gasteiger partial charge in [0.2, 0.25) is 0 Å². The molecule has 0 spiro atoms. The molecule has 21 heavy (non-hydrogen) atoms. The van der Waals surface area contributed by atoms with Gasteiger partial charge in [-0.2, -0.15) is 0 Å². The molecule has 1 saturated carbocycles. The first-order chi connectivity index (χ1) is 10.3. The van der Waals surface area contributed by atoms with Crippen molar-refractivity contribution >= 4 is 5.78 Å². The second-order valence-electron chi connectivity index (χ2n) is 6.72. The van der Waals surface area contributed by atoms with Crippen LogP contribution in [-0.2, 0) is 4.79 Å². The summed E-state index contributed by atoms with van der Waals surface area (Å²) >= 11 is 0. The number of benzene rings is 1. The van der Waals surface area contributed by atoms with Gasteiger partial charge in [-0.3, -0.25) is 9.69 Å². The fourth-order valence-corrected chi connectivity index (χ4v) is 4.45. The number of hydrogen-bond donors (Lipinski definition) is 0. The number of fused-ring (bicyclic) bond motifs is 1. The van der Waals surface area contributed by atoms with Gasteiger partial charge in [0.1, 0.15) is 11.5 Å². The monoisotopic (exact) mass is 285 g/mol. The fraction of sp³-hybridized carbons (Fsp3) is 0.611. The molecule has 1 aliphatic carbocycles. The van der Waals surface area contributed by atoms with Gasteiger partial charge in [0.25, 0.3) is 0 Å². The Morgan fingerprint density at radius 1 is 1.19 bits per heavy atom. The molecule has 112 valence electrons. The van der Waals surface area contributed by atoms with Crippen molar-refractivity contribution in [2.75, 3.05) is 19.7 Å². The summed E-state index contributed by atoms with van der Waals surface area (Å²) in [5, 5.41) is 0. The number of ether oxygens (including phenoxy) is 1. The molecule has 3 atom stereocenters. The molecule has 0 aromatic heterocycles. The van der Waals surface area contributed by atoms with Crippen LogP contribution in [0, 0.1) is 5.92 Å². The SMILES string of the molecule is O=C1CCCC1C1CCCN1CC1COc2ccccc21. The summed E-state index contributed by atoms with van der Waals surface area (Å²) in [7, 11) is 0. The summed E-state index contributed by atoms with van der Waals surface area (Å²) in [6, 6.07) is 8.89. The zero-order chi connectivity index (χ0) is 14.2. The third-order valence-corrected chi connectivity index (χ3v) is 5.48. The van der Waals surface area contributed by atoms with Crippen LogP contribution in [0.1, 0.15) is 43.6 Å². The van der Waals surface area contributed by atoms with Crippen molar-refractivity contribution in [1.82, 2.24) is 4.90 Å². The summed E-state index contributed by atoms with van der Waals surface area (Å²) in [6.45, 7) is 2.99. The second-order valence-corrected chi connectivity index (χ2v) is 6.72. The van der Waals surface area contributed by atoms with Crippen LogP contribution in [-0.4, -0.2) is 36.4 Å². The highest BCUT2D eigenvalue weighted by atomic mass is 16.5. The van der Waals surface area contributed by atoms with E-state index >= 15 is 0 Å². The average molecular weight is 285 g/mol. The Hall–Kier alpha value is -1.35. The second kappa shape index (κ2) is 5.45. The average Bonchev–Trinajstić information content (AvgIpc) is 3.20. The molecule has 0 radical (unpaired) electrons. The molecule has 0 amide bonds. The molecule has 3 unspecified atom stereocenters. The third kappa shape index (κ3) is 2.38. The van der Waals surface area contributed by atoms with E-state index in [1.807, 2.05) is 6.07 Å². The van der Waals surface area contributed by atoms with Crippen LogP contribution >= 0.6 is 0 Å². The van der Waals surface area contributed by atoms with E-state index in [2.05, 4.69) is 23.1 Å². The van der Waals surface area contributed by atoms with E-state index in [0.29, 0.717) is 23.7 Å². The van der Waals surface area contributed by atoms with Gasteiger partial charge in [0, 0.05) is 36.4 Å². The standard InChI is InChI=1S/C18H23NO2/c20-17-8-3-6-15(17)16-7-4-10-19(16)11-13-12-21-18-9-2-1-5-14(13)18/h1-2,5,9,13,15-16H,3-4,6-8,10-12H2. The number of likely N-dealkylation sites (tertiary alicyclic amines) is 1. The van der Waals surface area contributed by atoms with Gasteiger partial charge in [-0.1, -0.05) is 18.2 Å². The Morgan fingerprint density at radius 2 is 2.10 bits per heavy atom. The number of rotatable bonds is 3. The van der Waals surface area contributed by atoms with Gasteiger partial charge < -0.3 is 4.74 Å². The number of ketones is 1. The molecule has 1 aromatic rings. The molecular formula is C18H23NO2. The lowest BCUT2D eigenvalue weighted by Gasteiger charge is -2.30. The molecular weight excluding hydrogens is 262 g/mol. The highest BCUT2D eigenvalue weighted by molar-refractivity contribution is 5.83. The molecule has 3 nitrogen and oxygen atoms in total. The number of Topliss-reactive ketones (excluding diaryl/α,β-unsaturated/α-hetero) is 1.